The fourth-order valence-electron chi connectivity index (χ4n) is 4.53. The molecule has 0 aliphatic rings. The third-order valence-corrected chi connectivity index (χ3v) is 7.49. The van der Waals surface area contributed by atoms with Crippen molar-refractivity contribution in [1.82, 2.24) is 14.5 Å². The van der Waals surface area contributed by atoms with Crippen molar-refractivity contribution in [2.75, 3.05) is 6.61 Å². The molecule has 2 aromatic carbocycles. The van der Waals surface area contributed by atoms with E-state index in [0.717, 1.165) is 6.07 Å². The Hall–Kier alpha value is -4.60. The molecule has 0 amide bonds. The second-order valence-electron chi connectivity index (χ2n) is 8.90. The molecule has 208 valence electrons. The minimum absolute atomic E-state index is 0.0199. The van der Waals surface area contributed by atoms with Crippen LogP contribution < -0.4 is 15.0 Å². The Morgan fingerprint density at radius 1 is 1.20 bits per heavy atom. The molecule has 0 saturated heterocycles. The third kappa shape index (κ3) is 5.41. The maximum atomic E-state index is 13.3. The van der Waals surface area contributed by atoms with Crippen LogP contribution in [-0.2, 0) is 6.54 Å². The van der Waals surface area contributed by atoms with Crippen molar-refractivity contribution in [3.05, 3.63) is 79.8 Å². The van der Waals surface area contributed by atoms with Gasteiger partial charge in [-0.25, -0.2) is 9.78 Å². The van der Waals surface area contributed by atoms with E-state index in [-0.39, 0.29) is 46.8 Å². The standard InChI is InChI=1S/C28H19ClF2N4O5S/c1-13-7-19(25-24(33-13)20(12-41-25)27(37)38)18-9-16(29)3-4-22(18)39-6-5-35-14(2)34-21-10-17(40-28(30)31)8-15(11-32)23(21)26(35)36/h3-4,7-10,12,28H,5-6H2,1-2H3,(H,37,38). The van der Waals surface area contributed by atoms with Crippen molar-refractivity contribution in [2.24, 2.45) is 0 Å². The topological polar surface area (TPSA) is 127 Å². The number of pyridine rings is 1. The Morgan fingerprint density at radius 2 is 1.98 bits per heavy atom. The Balaban J connectivity index is 1.49. The van der Waals surface area contributed by atoms with Gasteiger partial charge in [0.15, 0.2) is 0 Å². The number of alkyl halides is 2. The van der Waals surface area contributed by atoms with Crippen molar-refractivity contribution < 1.29 is 28.2 Å². The zero-order valence-corrected chi connectivity index (χ0v) is 23.0. The van der Waals surface area contributed by atoms with Crippen LogP contribution in [0.5, 0.6) is 11.5 Å². The molecular weight excluding hydrogens is 578 g/mol. The summed E-state index contributed by atoms with van der Waals surface area (Å²) in [6.07, 6.45) is 0. The van der Waals surface area contributed by atoms with Gasteiger partial charge in [-0.15, -0.1) is 11.3 Å². The molecule has 0 atom stereocenters. The van der Waals surface area contributed by atoms with Crippen molar-refractivity contribution >= 4 is 50.0 Å². The molecule has 3 aromatic heterocycles. The molecule has 0 unspecified atom stereocenters. The maximum Gasteiger partial charge on any atom is 0.387 e. The molecule has 0 saturated carbocycles. The van der Waals surface area contributed by atoms with Gasteiger partial charge in [0.1, 0.15) is 30.0 Å². The predicted molar refractivity (Wildman–Crippen MR) is 149 cm³/mol. The van der Waals surface area contributed by atoms with Crippen LogP contribution in [0.25, 0.3) is 32.2 Å². The number of benzene rings is 2. The monoisotopic (exact) mass is 596 g/mol. The SMILES string of the molecule is Cc1cc(-c2cc(Cl)ccc2OCCn2c(C)nc3cc(OC(F)F)cc(C#N)c3c2=O)c2scc(C(=O)O)c2n1. The van der Waals surface area contributed by atoms with E-state index in [1.165, 1.54) is 27.4 Å². The number of carbonyl (C=O) groups is 1. The summed E-state index contributed by atoms with van der Waals surface area (Å²) in [5.41, 5.74) is 1.78. The molecule has 0 spiro atoms. The first-order valence-corrected chi connectivity index (χ1v) is 13.3. The van der Waals surface area contributed by atoms with Crippen LogP contribution in [0.1, 0.15) is 27.4 Å². The zero-order chi connectivity index (χ0) is 29.4. The van der Waals surface area contributed by atoms with Gasteiger partial charge < -0.3 is 14.6 Å². The van der Waals surface area contributed by atoms with Crippen LogP contribution in [0.2, 0.25) is 5.02 Å². The van der Waals surface area contributed by atoms with E-state index in [1.54, 1.807) is 32.0 Å². The average molecular weight is 597 g/mol. The van der Waals surface area contributed by atoms with Gasteiger partial charge in [0.25, 0.3) is 5.56 Å². The van der Waals surface area contributed by atoms with E-state index < -0.39 is 18.1 Å². The number of hydrogen-bond donors (Lipinski definition) is 1. The third-order valence-electron chi connectivity index (χ3n) is 6.25. The van der Waals surface area contributed by atoms with E-state index in [9.17, 15) is 28.7 Å². The molecule has 0 radical (unpaired) electrons. The molecule has 0 fully saturated rings. The van der Waals surface area contributed by atoms with Crippen molar-refractivity contribution in [3.63, 3.8) is 0 Å². The molecule has 3 heterocycles. The van der Waals surface area contributed by atoms with E-state index >= 15 is 0 Å². The fraction of sp³-hybridized carbons (Fsp3) is 0.179. The molecule has 0 bridgehead atoms. The van der Waals surface area contributed by atoms with Gasteiger partial charge >= 0.3 is 12.6 Å². The lowest BCUT2D eigenvalue weighted by Crippen LogP contribution is -2.27. The summed E-state index contributed by atoms with van der Waals surface area (Å²) in [6.45, 7) is 0.325. The summed E-state index contributed by atoms with van der Waals surface area (Å²) in [5.74, 6) is -0.623. The van der Waals surface area contributed by atoms with Crippen LogP contribution in [0, 0.1) is 25.2 Å². The summed E-state index contributed by atoms with van der Waals surface area (Å²) in [7, 11) is 0. The quantitative estimate of drug-likeness (QED) is 0.224. The summed E-state index contributed by atoms with van der Waals surface area (Å²) >= 11 is 7.56. The second kappa shape index (κ2) is 11.1. The normalized spacial score (nSPS) is 11.2. The second-order valence-corrected chi connectivity index (χ2v) is 10.2. The van der Waals surface area contributed by atoms with Gasteiger partial charge in [0, 0.05) is 33.3 Å². The number of carboxylic acids is 1. The number of hydrogen-bond acceptors (Lipinski definition) is 8. The molecule has 5 rings (SSSR count). The first-order valence-electron chi connectivity index (χ1n) is 12.0. The van der Waals surface area contributed by atoms with Crippen LogP contribution >= 0.6 is 22.9 Å². The zero-order valence-electron chi connectivity index (χ0n) is 21.4. The minimum Gasteiger partial charge on any atom is -0.491 e. The first kappa shape index (κ1) is 27.9. The van der Waals surface area contributed by atoms with Crippen LogP contribution in [-0.4, -0.2) is 38.8 Å². The number of carboxylic acid groups (broad SMARTS) is 1. The summed E-state index contributed by atoms with van der Waals surface area (Å²) in [4.78, 5) is 33.8. The van der Waals surface area contributed by atoms with Crippen LogP contribution in [0.15, 0.2) is 46.6 Å². The van der Waals surface area contributed by atoms with E-state index in [0.29, 0.717) is 37.8 Å². The van der Waals surface area contributed by atoms with Gasteiger partial charge in [0.05, 0.1) is 38.8 Å². The van der Waals surface area contributed by atoms with Crippen LogP contribution in [0.3, 0.4) is 0 Å². The van der Waals surface area contributed by atoms with E-state index in [2.05, 4.69) is 14.7 Å². The first-order chi connectivity index (χ1) is 19.6. The minimum atomic E-state index is -3.10. The number of rotatable bonds is 8. The smallest absolute Gasteiger partial charge is 0.387 e. The van der Waals surface area contributed by atoms with E-state index in [1.807, 2.05) is 12.1 Å². The van der Waals surface area contributed by atoms with Gasteiger partial charge in [-0.2, -0.15) is 14.0 Å². The number of nitriles is 1. The van der Waals surface area contributed by atoms with Gasteiger partial charge in [-0.05, 0) is 44.2 Å². The molecular formula is C28H19ClF2N4O5S. The highest BCUT2D eigenvalue weighted by atomic mass is 35.5. The highest BCUT2D eigenvalue weighted by Crippen LogP contribution is 2.40. The lowest BCUT2D eigenvalue weighted by molar-refractivity contribution is -0.0497. The number of ether oxygens (including phenoxy) is 2. The van der Waals surface area contributed by atoms with Crippen molar-refractivity contribution in [2.45, 2.75) is 27.0 Å². The van der Waals surface area contributed by atoms with Crippen LogP contribution in [0.4, 0.5) is 8.78 Å². The Bertz CT molecular complexity index is 1950. The molecule has 41 heavy (non-hydrogen) atoms. The van der Waals surface area contributed by atoms with E-state index in [4.69, 9.17) is 16.3 Å². The molecule has 5 aromatic rings. The number of aromatic nitrogens is 3. The number of halogens is 3. The number of nitrogens with zero attached hydrogens (tertiary/aromatic N) is 4. The average Bonchev–Trinajstić information content (AvgIpc) is 3.34. The largest absolute Gasteiger partial charge is 0.491 e. The Morgan fingerprint density at radius 3 is 2.68 bits per heavy atom. The van der Waals surface area contributed by atoms with Gasteiger partial charge in [-0.3, -0.25) is 14.3 Å². The number of fused-ring (bicyclic) bond motifs is 2. The van der Waals surface area contributed by atoms with Crippen molar-refractivity contribution in [1.29, 1.82) is 5.26 Å². The highest BCUT2D eigenvalue weighted by molar-refractivity contribution is 7.18. The molecule has 0 aliphatic heterocycles. The fourth-order valence-corrected chi connectivity index (χ4v) is 5.71. The summed E-state index contributed by atoms with van der Waals surface area (Å²) in [6, 6.07) is 11.0. The number of aryl methyl sites for hydroxylation is 2. The number of aromatic carboxylic acids is 1. The lowest BCUT2D eigenvalue weighted by Gasteiger charge is -2.16. The van der Waals surface area contributed by atoms with Gasteiger partial charge in [0.2, 0.25) is 0 Å². The predicted octanol–water partition coefficient (Wildman–Crippen LogP) is 6.19. The maximum absolute atomic E-state index is 13.3. The molecule has 1 N–H and O–H groups in total. The Labute approximate surface area is 239 Å². The molecule has 13 heteroatoms. The van der Waals surface area contributed by atoms with Gasteiger partial charge in [-0.1, -0.05) is 11.6 Å². The number of thiophene rings is 1. The summed E-state index contributed by atoms with van der Waals surface area (Å²) in [5, 5.41) is 21.1. The Kier molecular flexibility index (Phi) is 7.57. The highest BCUT2D eigenvalue weighted by Gasteiger charge is 2.20. The lowest BCUT2D eigenvalue weighted by atomic mass is 10.0. The molecule has 0 aliphatic carbocycles. The summed E-state index contributed by atoms with van der Waals surface area (Å²) < 4.78 is 37.9. The molecule has 9 nitrogen and oxygen atoms in total. The van der Waals surface area contributed by atoms with Crippen molar-refractivity contribution in [3.8, 4) is 28.7 Å².